The van der Waals surface area contributed by atoms with E-state index in [0.717, 1.165) is 53.0 Å². The first-order valence-electron chi connectivity index (χ1n) is 11.9. The van der Waals surface area contributed by atoms with Crippen LogP contribution < -0.4 is 0 Å². The van der Waals surface area contributed by atoms with E-state index in [1.54, 1.807) is 0 Å². The van der Waals surface area contributed by atoms with Gasteiger partial charge >= 0.3 is 0 Å². The molecule has 154 valence electrons. The molecule has 2 aromatic rings. The molecule has 0 bridgehead atoms. The van der Waals surface area contributed by atoms with Crippen LogP contribution in [0.1, 0.15) is 77.5 Å². The monoisotopic (exact) mass is 390 g/mol. The zero-order valence-corrected chi connectivity index (χ0v) is 17.9. The van der Waals surface area contributed by atoms with Crippen molar-refractivity contribution in [1.29, 1.82) is 0 Å². The lowest BCUT2D eigenvalue weighted by atomic mass is 9.45. The Morgan fingerprint density at radius 1 is 1.00 bits per heavy atom. The molecule has 0 saturated heterocycles. The zero-order chi connectivity index (χ0) is 19.8. The summed E-state index contributed by atoms with van der Waals surface area (Å²) in [7, 11) is 0. The van der Waals surface area contributed by atoms with Gasteiger partial charge in [-0.25, -0.2) is 4.98 Å². The Morgan fingerprint density at radius 3 is 2.72 bits per heavy atom. The minimum atomic E-state index is -0.0622. The van der Waals surface area contributed by atoms with Gasteiger partial charge in [-0.1, -0.05) is 38.8 Å². The molecular formula is C26H34N2O. The zero-order valence-electron chi connectivity index (χ0n) is 17.9. The van der Waals surface area contributed by atoms with E-state index in [1.807, 2.05) is 12.1 Å². The number of aliphatic hydroxyl groups is 1. The number of hydrogen-bond donors (Lipinski definition) is 2. The van der Waals surface area contributed by atoms with Crippen molar-refractivity contribution < 1.29 is 5.11 Å². The second kappa shape index (κ2) is 6.12. The van der Waals surface area contributed by atoms with Crippen molar-refractivity contribution >= 4 is 16.6 Å². The van der Waals surface area contributed by atoms with Crippen molar-refractivity contribution in [2.24, 2.45) is 34.5 Å². The molecule has 4 aliphatic rings. The van der Waals surface area contributed by atoms with Crippen molar-refractivity contribution in [2.75, 3.05) is 0 Å². The van der Waals surface area contributed by atoms with Gasteiger partial charge in [0.1, 0.15) is 11.6 Å². The molecule has 0 spiro atoms. The van der Waals surface area contributed by atoms with Gasteiger partial charge in [-0.3, -0.25) is 0 Å². The summed E-state index contributed by atoms with van der Waals surface area (Å²) in [6.45, 7) is 4.97. The maximum atomic E-state index is 11.4. The van der Waals surface area contributed by atoms with Crippen molar-refractivity contribution in [1.82, 2.24) is 9.97 Å². The molecule has 29 heavy (non-hydrogen) atoms. The van der Waals surface area contributed by atoms with Crippen LogP contribution in [0.25, 0.3) is 16.6 Å². The van der Waals surface area contributed by atoms with Gasteiger partial charge in [0.05, 0.1) is 11.0 Å². The predicted octanol–water partition coefficient (Wildman–Crippen LogP) is 6.87. The first kappa shape index (κ1) is 18.0. The van der Waals surface area contributed by atoms with Crippen LogP contribution in [0.3, 0.4) is 0 Å². The lowest BCUT2D eigenvalue weighted by Gasteiger charge is -2.59. The van der Waals surface area contributed by atoms with Crippen LogP contribution in [0.5, 0.6) is 0 Å². The van der Waals surface area contributed by atoms with Gasteiger partial charge in [-0.05, 0) is 86.2 Å². The number of aromatic nitrogens is 2. The average molecular weight is 391 g/mol. The number of hydrogen-bond acceptors (Lipinski definition) is 2. The van der Waals surface area contributed by atoms with E-state index >= 15 is 0 Å². The molecule has 6 atom stereocenters. The smallest absolute Gasteiger partial charge is 0.137 e. The Labute approximate surface area is 174 Å². The minimum absolute atomic E-state index is 0.0622. The first-order valence-corrected chi connectivity index (χ1v) is 11.9. The molecule has 6 rings (SSSR count). The molecule has 3 fully saturated rings. The van der Waals surface area contributed by atoms with E-state index in [9.17, 15) is 5.11 Å². The minimum Gasteiger partial charge on any atom is -0.511 e. The molecular weight excluding hydrogens is 356 g/mol. The summed E-state index contributed by atoms with van der Waals surface area (Å²) in [5, 5.41) is 11.4. The largest absolute Gasteiger partial charge is 0.511 e. The second-order valence-electron chi connectivity index (χ2n) is 11.0. The van der Waals surface area contributed by atoms with E-state index in [4.69, 9.17) is 4.98 Å². The third-order valence-electron chi connectivity index (χ3n) is 9.90. The van der Waals surface area contributed by atoms with Crippen LogP contribution in [0, 0.1) is 34.5 Å². The third kappa shape index (κ3) is 2.39. The van der Waals surface area contributed by atoms with Crippen LogP contribution in [-0.2, 0) is 0 Å². The summed E-state index contributed by atoms with van der Waals surface area (Å²) >= 11 is 0. The highest BCUT2D eigenvalue weighted by atomic mass is 16.3. The number of nitrogens with zero attached hydrogens (tertiary/aromatic N) is 1. The highest BCUT2D eigenvalue weighted by molar-refractivity contribution is 5.79. The lowest BCUT2D eigenvalue weighted by molar-refractivity contribution is -0.104. The predicted molar refractivity (Wildman–Crippen MR) is 117 cm³/mol. The second-order valence-corrected chi connectivity index (χ2v) is 11.0. The number of aliphatic hydroxyl groups excluding tert-OH is 1. The molecule has 1 heterocycles. The van der Waals surface area contributed by atoms with E-state index in [1.165, 1.54) is 44.9 Å². The van der Waals surface area contributed by atoms with E-state index in [2.05, 4.69) is 31.0 Å². The molecule has 0 radical (unpaired) electrons. The Kier molecular flexibility index (Phi) is 3.81. The fraction of sp³-hybridized carbons (Fsp3) is 0.654. The summed E-state index contributed by atoms with van der Waals surface area (Å²) in [6.07, 6.45) is 11.9. The maximum Gasteiger partial charge on any atom is 0.137 e. The average Bonchev–Trinajstić information content (AvgIpc) is 3.26. The fourth-order valence-corrected chi connectivity index (χ4v) is 8.25. The summed E-state index contributed by atoms with van der Waals surface area (Å²) in [5.41, 5.74) is 3.63. The van der Waals surface area contributed by atoms with Crippen LogP contribution in [0.4, 0.5) is 0 Å². The molecule has 1 aromatic heterocycles. The van der Waals surface area contributed by atoms with Crippen LogP contribution >= 0.6 is 0 Å². The van der Waals surface area contributed by atoms with Gasteiger partial charge in [0.15, 0.2) is 0 Å². The summed E-state index contributed by atoms with van der Waals surface area (Å²) in [5.74, 6) is 4.66. The van der Waals surface area contributed by atoms with Gasteiger partial charge in [0.25, 0.3) is 0 Å². The number of allylic oxidation sites excluding steroid dienone is 2. The molecule has 0 unspecified atom stereocenters. The number of H-pyrrole nitrogens is 1. The van der Waals surface area contributed by atoms with Crippen molar-refractivity contribution in [3.63, 3.8) is 0 Å². The molecule has 3 heteroatoms. The van der Waals surface area contributed by atoms with Crippen molar-refractivity contribution in [2.45, 2.75) is 71.6 Å². The molecule has 3 nitrogen and oxygen atoms in total. The van der Waals surface area contributed by atoms with Crippen molar-refractivity contribution in [3.05, 3.63) is 35.8 Å². The molecule has 4 aliphatic carbocycles. The Bertz CT molecular complexity index is 957. The van der Waals surface area contributed by atoms with Gasteiger partial charge in [0, 0.05) is 11.0 Å². The number of nitrogens with one attached hydrogen (secondary N) is 1. The van der Waals surface area contributed by atoms with Gasteiger partial charge < -0.3 is 10.1 Å². The highest BCUT2D eigenvalue weighted by Gasteiger charge is 2.59. The van der Waals surface area contributed by atoms with E-state index in [-0.39, 0.29) is 5.41 Å². The summed E-state index contributed by atoms with van der Waals surface area (Å²) < 4.78 is 0. The first-order chi connectivity index (χ1) is 14.0. The topological polar surface area (TPSA) is 48.9 Å². The SMILES string of the molecule is C[C@]12CCCC[C@@H]1CC[C@H]1[C@H]2CC[C@@]2(C)C(O)=C(c3nc4ccccc4[nH]3)C[C@H]12. The van der Waals surface area contributed by atoms with Crippen molar-refractivity contribution in [3.8, 4) is 0 Å². The number of fused-ring (bicyclic) bond motifs is 6. The normalized spacial score (nSPS) is 41.9. The van der Waals surface area contributed by atoms with Crippen LogP contribution in [0.15, 0.2) is 30.0 Å². The number of aromatic amines is 1. The molecule has 3 saturated carbocycles. The third-order valence-corrected chi connectivity index (χ3v) is 9.90. The molecule has 0 amide bonds. The Morgan fingerprint density at radius 2 is 1.86 bits per heavy atom. The van der Waals surface area contributed by atoms with E-state index in [0.29, 0.717) is 17.1 Å². The summed E-state index contributed by atoms with van der Waals surface area (Å²) in [4.78, 5) is 8.33. The van der Waals surface area contributed by atoms with Gasteiger partial charge in [-0.15, -0.1) is 0 Å². The van der Waals surface area contributed by atoms with Gasteiger partial charge in [0.2, 0.25) is 0 Å². The Balaban J connectivity index is 1.36. The number of para-hydroxylation sites is 2. The van der Waals surface area contributed by atoms with E-state index < -0.39 is 0 Å². The number of rotatable bonds is 1. The van der Waals surface area contributed by atoms with Crippen LogP contribution in [0.2, 0.25) is 0 Å². The maximum absolute atomic E-state index is 11.4. The van der Waals surface area contributed by atoms with Gasteiger partial charge in [-0.2, -0.15) is 0 Å². The molecule has 2 N–H and O–H groups in total. The summed E-state index contributed by atoms with van der Waals surface area (Å²) in [6, 6.07) is 8.21. The molecule has 1 aromatic carbocycles. The fourth-order valence-electron chi connectivity index (χ4n) is 8.25. The quantitative estimate of drug-likeness (QED) is 0.558. The highest BCUT2D eigenvalue weighted by Crippen LogP contribution is 2.67. The standard InChI is InChI=1S/C26H34N2O/c1-25-13-6-5-7-16(25)10-11-17-19(25)12-14-26(2)20(17)15-18(23(26)29)24-27-21-8-3-4-9-22(21)28-24/h3-4,8-9,16-17,19-20,29H,5-7,10-15H2,1-2H3,(H,27,28)/t16-,17+,19-,20-,25+,26-/m1/s1. The Hall–Kier alpha value is -1.77. The molecule has 0 aliphatic heterocycles. The number of benzene rings is 1. The van der Waals surface area contributed by atoms with Crippen LogP contribution in [-0.4, -0.2) is 15.1 Å². The lowest BCUT2D eigenvalue weighted by Crippen LogP contribution is -2.52. The number of imidazole rings is 1.